The van der Waals surface area contributed by atoms with Crippen LogP contribution in [0.1, 0.15) is 38.0 Å². The Balaban J connectivity index is 1.85. The molecule has 0 aliphatic carbocycles. The van der Waals surface area contributed by atoms with Crippen molar-refractivity contribution in [2.45, 2.75) is 26.4 Å². The fourth-order valence-corrected chi connectivity index (χ4v) is 3.04. The summed E-state index contributed by atoms with van der Waals surface area (Å²) >= 11 is 1.10. The van der Waals surface area contributed by atoms with Crippen LogP contribution < -0.4 is 0 Å². The second kappa shape index (κ2) is 5.84. The molecule has 0 aromatic carbocycles. The van der Waals surface area contributed by atoms with E-state index in [0.717, 1.165) is 23.6 Å². The monoisotopic (exact) mass is 321 g/mol. The van der Waals surface area contributed by atoms with E-state index in [1.807, 2.05) is 0 Å². The maximum Gasteiger partial charge on any atom is 0.358 e. The third kappa shape index (κ3) is 2.59. The van der Waals surface area contributed by atoms with Crippen molar-refractivity contribution in [3.63, 3.8) is 0 Å². The first-order valence-corrected chi connectivity index (χ1v) is 7.60. The van der Waals surface area contributed by atoms with Crippen LogP contribution in [0.4, 0.5) is 0 Å². The molecule has 1 aliphatic rings. The molecule has 3 heterocycles. The van der Waals surface area contributed by atoms with Crippen LogP contribution in [0.3, 0.4) is 0 Å². The van der Waals surface area contributed by atoms with E-state index >= 15 is 0 Å². The van der Waals surface area contributed by atoms with Gasteiger partial charge in [0.25, 0.3) is 5.91 Å². The molecule has 9 heteroatoms. The number of hydrogen-bond donors (Lipinski definition) is 0. The minimum atomic E-state index is -0.471. The molecule has 0 radical (unpaired) electrons. The highest BCUT2D eigenvalue weighted by Gasteiger charge is 2.25. The average Bonchev–Trinajstić information content (AvgIpc) is 3.06. The number of esters is 1. The van der Waals surface area contributed by atoms with Gasteiger partial charge in [0.1, 0.15) is 4.88 Å². The number of methoxy groups -OCH3 is 1. The van der Waals surface area contributed by atoms with Crippen molar-refractivity contribution in [3.05, 3.63) is 28.0 Å². The molecule has 22 heavy (non-hydrogen) atoms. The standard InChI is InChI=1S/C13H15N5O3S/c1-8-11(22-16-14-8)12(19)17-4-3-5-18-9(7-17)6-10(15-18)13(20)21-2/h6H,3-5,7H2,1-2H3. The quantitative estimate of drug-likeness (QED) is 0.763. The Hall–Kier alpha value is -2.29. The molecule has 1 aliphatic heterocycles. The van der Waals surface area contributed by atoms with Crippen LogP contribution in [-0.2, 0) is 17.8 Å². The van der Waals surface area contributed by atoms with Crippen molar-refractivity contribution in [1.82, 2.24) is 24.3 Å². The molecule has 0 saturated heterocycles. The highest BCUT2D eigenvalue weighted by Crippen LogP contribution is 2.19. The maximum absolute atomic E-state index is 12.6. The third-order valence-electron chi connectivity index (χ3n) is 3.54. The molecule has 0 N–H and O–H groups in total. The Morgan fingerprint density at radius 2 is 2.18 bits per heavy atom. The molecular formula is C13H15N5O3S. The van der Waals surface area contributed by atoms with Crippen LogP contribution in [0.25, 0.3) is 0 Å². The van der Waals surface area contributed by atoms with Gasteiger partial charge < -0.3 is 9.64 Å². The number of rotatable bonds is 2. The zero-order valence-corrected chi connectivity index (χ0v) is 13.1. The van der Waals surface area contributed by atoms with E-state index in [1.54, 1.807) is 22.6 Å². The average molecular weight is 321 g/mol. The number of amides is 1. The van der Waals surface area contributed by atoms with Gasteiger partial charge >= 0.3 is 5.97 Å². The summed E-state index contributed by atoms with van der Waals surface area (Å²) < 4.78 is 10.3. The molecule has 0 bridgehead atoms. The molecule has 0 spiro atoms. The van der Waals surface area contributed by atoms with Gasteiger partial charge in [-0.1, -0.05) is 4.49 Å². The summed E-state index contributed by atoms with van der Waals surface area (Å²) in [5.41, 5.74) is 1.73. The molecule has 116 valence electrons. The number of fused-ring (bicyclic) bond motifs is 1. The van der Waals surface area contributed by atoms with Crippen molar-refractivity contribution < 1.29 is 14.3 Å². The van der Waals surface area contributed by atoms with Crippen LogP contribution in [0.15, 0.2) is 6.07 Å². The SMILES string of the molecule is COC(=O)c1cc2n(n1)CCCN(C(=O)c1snnc1C)C2. The lowest BCUT2D eigenvalue weighted by molar-refractivity contribution is 0.0593. The fraction of sp³-hybridized carbons (Fsp3) is 0.462. The molecule has 0 unspecified atom stereocenters. The highest BCUT2D eigenvalue weighted by molar-refractivity contribution is 7.07. The van der Waals surface area contributed by atoms with Gasteiger partial charge in [0.15, 0.2) is 5.69 Å². The minimum Gasteiger partial charge on any atom is -0.464 e. The lowest BCUT2D eigenvalue weighted by Gasteiger charge is -2.18. The zero-order chi connectivity index (χ0) is 15.7. The summed E-state index contributed by atoms with van der Waals surface area (Å²) in [4.78, 5) is 26.4. The Morgan fingerprint density at radius 1 is 1.36 bits per heavy atom. The highest BCUT2D eigenvalue weighted by atomic mass is 32.1. The van der Waals surface area contributed by atoms with Crippen molar-refractivity contribution in [3.8, 4) is 0 Å². The van der Waals surface area contributed by atoms with Gasteiger partial charge in [-0.25, -0.2) is 4.79 Å². The van der Waals surface area contributed by atoms with Gasteiger partial charge in [-0.3, -0.25) is 9.48 Å². The molecule has 3 rings (SSSR count). The lowest BCUT2D eigenvalue weighted by Crippen LogP contribution is -2.30. The van der Waals surface area contributed by atoms with E-state index in [9.17, 15) is 9.59 Å². The van der Waals surface area contributed by atoms with E-state index in [-0.39, 0.29) is 11.6 Å². The predicted molar refractivity (Wildman–Crippen MR) is 77.6 cm³/mol. The first-order chi connectivity index (χ1) is 10.6. The van der Waals surface area contributed by atoms with E-state index < -0.39 is 5.97 Å². The van der Waals surface area contributed by atoms with Crippen LogP contribution in [0.5, 0.6) is 0 Å². The fourth-order valence-electron chi connectivity index (χ4n) is 2.41. The summed E-state index contributed by atoms with van der Waals surface area (Å²) in [5, 5.41) is 8.12. The smallest absolute Gasteiger partial charge is 0.358 e. The Labute approximate surface area is 130 Å². The molecule has 2 aromatic heterocycles. The van der Waals surface area contributed by atoms with Crippen LogP contribution in [0, 0.1) is 6.92 Å². The Morgan fingerprint density at radius 3 is 2.86 bits per heavy atom. The van der Waals surface area contributed by atoms with Crippen molar-refractivity contribution in [1.29, 1.82) is 0 Å². The van der Waals surface area contributed by atoms with Crippen LogP contribution >= 0.6 is 11.5 Å². The van der Waals surface area contributed by atoms with E-state index in [1.165, 1.54) is 7.11 Å². The minimum absolute atomic E-state index is 0.0817. The number of aromatic nitrogens is 4. The van der Waals surface area contributed by atoms with Crippen LogP contribution in [0.2, 0.25) is 0 Å². The maximum atomic E-state index is 12.6. The van der Waals surface area contributed by atoms with Gasteiger partial charge in [0.05, 0.1) is 25.0 Å². The predicted octanol–water partition coefficient (Wildman–Crippen LogP) is 0.876. The summed E-state index contributed by atoms with van der Waals surface area (Å²) in [6.45, 7) is 3.47. The second-order valence-corrected chi connectivity index (χ2v) is 5.76. The second-order valence-electron chi connectivity index (χ2n) is 5.00. The summed E-state index contributed by atoms with van der Waals surface area (Å²) in [7, 11) is 1.32. The Bertz CT molecular complexity index is 723. The van der Waals surface area contributed by atoms with Gasteiger partial charge in [-0.2, -0.15) is 5.10 Å². The van der Waals surface area contributed by atoms with Crippen molar-refractivity contribution >= 4 is 23.4 Å². The van der Waals surface area contributed by atoms with Gasteiger partial charge in [-0.15, -0.1) is 5.10 Å². The summed E-state index contributed by atoms with van der Waals surface area (Å²) in [6, 6.07) is 1.68. The van der Waals surface area contributed by atoms with E-state index in [0.29, 0.717) is 30.2 Å². The number of nitrogens with zero attached hydrogens (tertiary/aromatic N) is 5. The first kappa shape index (κ1) is 14.6. The first-order valence-electron chi connectivity index (χ1n) is 6.83. The topological polar surface area (TPSA) is 90.2 Å². The molecular weight excluding hydrogens is 306 g/mol. The number of aryl methyl sites for hydroxylation is 2. The van der Waals surface area contributed by atoms with Gasteiger partial charge in [0, 0.05) is 13.1 Å². The summed E-state index contributed by atoms with van der Waals surface area (Å²) in [5.74, 6) is -0.553. The molecule has 8 nitrogen and oxygen atoms in total. The van der Waals surface area contributed by atoms with Crippen molar-refractivity contribution in [2.75, 3.05) is 13.7 Å². The molecule has 0 fully saturated rings. The van der Waals surface area contributed by atoms with Crippen molar-refractivity contribution in [2.24, 2.45) is 0 Å². The number of hydrogen-bond acceptors (Lipinski definition) is 7. The Kier molecular flexibility index (Phi) is 3.88. The number of carbonyl (C=O) groups is 2. The molecule has 1 amide bonds. The molecule has 2 aromatic rings. The lowest BCUT2D eigenvalue weighted by atomic mass is 10.3. The largest absolute Gasteiger partial charge is 0.464 e. The van der Waals surface area contributed by atoms with E-state index in [2.05, 4.69) is 19.4 Å². The molecule has 0 saturated carbocycles. The van der Waals surface area contributed by atoms with Gasteiger partial charge in [-0.05, 0) is 30.9 Å². The van der Waals surface area contributed by atoms with Crippen LogP contribution in [-0.4, -0.2) is 49.8 Å². The van der Waals surface area contributed by atoms with E-state index in [4.69, 9.17) is 0 Å². The summed E-state index contributed by atoms with van der Waals surface area (Å²) in [6.07, 6.45) is 0.770. The normalized spacial score (nSPS) is 14.4. The zero-order valence-electron chi connectivity index (χ0n) is 12.3. The molecule has 0 atom stereocenters. The number of ether oxygens (including phenoxy) is 1. The van der Waals surface area contributed by atoms with Gasteiger partial charge in [0.2, 0.25) is 0 Å². The third-order valence-corrected chi connectivity index (χ3v) is 4.36. The number of carbonyl (C=O) groups excluding carboxylic acids is 2.